The number of ether oxygens (including phenoxy) is 2. The number of rotatable bonds is 4. The Labute approximate surface area is 186 Å². The van der Waals surface area contributed by atoms with Gasteiger partial charge in [-0.3, -0.25) is 19.8 Å². The third-order valence-corrected chi connectivity index (χ3v) is 5.65. The number of nitrogens with one attached hydrogen (secondary N) is 1. The van der Waals surface area contributed by atoms with Crippen molar-refractivity contribution in [3.63, 3.8) is 0 Å². The number of carbonyl (C=O) groups is 2. The highest BCUT2D eigenvalue weighted by atomic mass is 32.1. The van der Waals surface area contributed by atoms with Gasteiger partial charge < -0.3 is 14.4 Å². The number of hydrogen-bond donors (Lipinski definition) is 1. The van der Waals surface area contributed by atoms with Gasteiger partial charge in [-0.15, -0.1) is 0 Å². The van der Waals surface area contributed by atoms with Gasteiger partial charge in [0.05, 0.1) is 26.0 Å². The SMILES string of the molecule is COc1ccc(N2C(=O)/C(=C/c3ccc(N4CCOCC4)cc3C)C(=O)NC2=S)cc1. The lowest BCUT2D eigenvalue weighted by molar-refractivity contribution is -0.122. The Morgan fingerprint density at radius 1 is 1.06 bits per heavy atom. The Hall–Kier alpha value is -3.23. The number of carbonyl (C=O) groups excluding carboxylic acids is 2. The summed E-state index contributed by atoms with van der Waals surface area (Å²) in [6, 6.07) is 12.9. The molecule has 8 heteroatoms. The first-order chi connectivity index (χ1) is 15.0. The van der Waals surface area contributed by atoms with Crippen molar-refractivity contribution in [2.24, 2.45) is 0 Å². The first-order valence-corrected chi connectivity index (χ1v) is 10.4. The fourth-order valence-electron chi connectivity index (χ4n) is 3.62. The van der Waals surface area contributed by atoms with Gasteiger partial charge in [0.2, 0.25) is 0 Å². The lowest BCUT2D eigenvalue weighted by Gasteiger charge is -2.30. The summed E-state index contributed by atoms with van der Waals surface area (Å²) in [5.41, 5.74) is 3.47. The van der Waals surface area contributed by atoms with Gasteiger partial charge in [-0.05, 0) is 72.7 Å². The second-order valence-corrected chi connectivity index (χ2v) is 7.68. The molecule has 0 saturated carbocycles. The first kappa shape index (κ1) is 21.0. The molecule has 0 radical (unpaired) electrons. The molecule has 2 saturated heterocycles. The van der Waals surface area contributed by atoms with Crippen molar-refractivity contribution in [2.75, 3.05) is 43.2 Å². The van der Waals surface area contributed by atoms with E-state index >= 15 is 0 Å². The predicted molar refractivity (Wildman–Crippen MR) is 123 cm³/mol. The molecule has 2 heterocycles. The van der Waals surface area contributed by atoms with Crippen molar-refractivity contribution in [3.05, 3.63) is 59.2 Å². The number of methoxy groups -OCH3 is 1. The van der Waals surface area contributed by atoms with E-state index in [0.29, 0.717) is 24.7 Å². The smallest absolute Gasteiger partial charge is 0.270 e. The molecule has 0 spiro atoms. The molecular weight excluding hydrogens is 414 g/mol. The highest BCUT2D eigenvalue weighted by molar-refractivity contribution is 7.80. The molecule has 1 N–H and O–H groups in total. The molecule has 2 aromatic carbocycles. The highest BCUT2D eigenvalue weighted by Gasteiger charge is 2.34. The van der Waals surface area contributed by atoms with E-state index in [-0.39, 0.29) is 10.7 Å². The Kier molecular flexibility index (Phi) is 6.01. The zero-order valence-corrected chi connectivity index (χ0v) is 18.2. The van der Waals surface area contributed by atoms with Crippen molar-refractivity contribution in [1.29, 1.82) is 0 Å². The average Bonchev–Trinajstić information content (AvgIpc) is 2.78. The Bertz CT molecular complexity index is 1060. The summed E-state index contributed by atoms with van der Waals surface area (Å²) in [6.45, 7) is 5.07. The van der Waals surface area contributed by atoms with Crippen molar-refractivity contribution >= 4 is 46.6 Å². The molecule has 160 valence electrons. The van der Waals surface area contributed by atoms with E-state index in [2.05, 4.69) is 16.3 Å². The van der Waals surface area contributed by atoms with Crippen molar-refractivity contribution in [3.8, 4) is 5.75 Å². The molecule has 0 atom stereocenters. The van der Waals surface area contributed by atoms with Gasteiger partial charge in [0, 0.05) is 18.8 Å². The van der Waals surface area contributed by atoms with Crippen molar-refractivity contribution in [2.45, 2.75) is 6.92 Å². The van der Waals surface area contributed by atoms with Crippen LogP contribution in [0.4, 0.5) is 11.4 Å². The van der Waals surface area contributed by atoms with Crippen LogP contribution < -0.4 is 19.9 Å². The molecule has 7 nitrogen and oxygen atoms in total. The fourth-order valence-corrected chi connectivity index (χ4v) is 3.90. The maximum atomic E-state index is 13.2. The maximum Gasteiger partial charge on any atom is 0.270 e. The molecule has 0 bridgehead atoms. The molecular formula is C23H23N3O4S. The largest absolute Gasteiger partial charge is 0.497 e. The van der Waals surface area contributed by atoms with Crippen LogP contribution in [0.25, 0.3) is 6.08 Å². The van der Waals surface area contributed by atoms with Crippen LogP contribution in [0.5, 0.6) is 5.75 Å². The Balaban J connectivity index is 1.63. The summed E-state index contributed by atoms with van der Waals surface area (Å²) >= 11 is 5.26. The summed E-state index contributed by atoms with van der Waals surface area (Å²) in [4.78, 5) is 29.3. The number of anilines is 2. The van der Waals surface area contributed by atoms with Gasteiger partial charge in [-0.25, -0.2) is 0 Å². The van der Waals surface area contributed by atoms with E-state index in [0.717, 1.165) is 29.9 Å². The zero-order valence-electron chi connectivity index (χ0n) is 17.4. The Morgan fingerprint density at radius 3 is 2.39 bits per heavy atom. The number of benzene rings is 2. The number of amides is 2. The van der Waals surface area contributed by atoms with E-state index in [1.54, 1.807) is 37.5 Å². The van der Waals surface area contributed by atoms with E-state index < -0.39 is 11.8 Å². The first-order valence-electron chi connectivity index (χ1n) is 9.97. The van der Waals surface area contributed by atoms with Gasteiger partial charge >= 0.3 is 0 Å². The van der Waals surface area contributed by atoms with Crippen LogP contribution in [0.2, 0.25) is 0 Å². The van der Waals surface area contributed by atoms with Gasteiger partial charge in [0.15, 0.2) is 5.11 Å². The van der Waals surface area contributed by atoms with Crippen LogP contribution in [0.15, 0.2) is 48.0 Å². The minimum absolute atomic E-state index is 0.0339. The third kappa shape index (κ3) is 4.30. The molecule has 2 fully saturated rings. The topological polar surface area (TPSA) is 71.1 Å². The maximum absolute atomic E-state index is 13.2. The quantitative estimate of drug-likeness (QED) is 0.451. The normalized spacial score (nSPS) is 18.4. The van der Waals surface area contributed by atoms with E-state index in [9.17, 15) is 9.59 Å². The standard InChI is InChI=1S/C23H23N3O4S/c1-15-13-18(25-9-11-30-12-10-25)4-3-16(15)14-20-21(27)24-23(31)26(22(20)28)17-5-7-19(29-2)8-6-17/h3-8,13-14H,9-12H2,1-2H3,(H,24,27,31)/b20-14+. The van der Waals surface area contributed by atoms with Crippen LogP contribution in [0.1, 0.15) is 11.1 Å². The average molecular weight is 438 g/mol. The van der Waals surface area contributed by atoms with Gasteiger partial charge in [0.25, 0.3) is 11.8 Å². The summed E-state index contributed by atoms with van der Waals surface area (Å²) in [6.07, 6.45) is 1.62. The van der Waals surface area contributed by atoms with Crippen LogP contribution in [-0.4, -0.2) is 50.3 Å². The number of aryl methyl sites for hydroxylation is 1. The summed E-state index contributed by atoms with van der Waals surface area (Å²) < 4.78 is 10.6. The summed E-state index contributed by atoms with van der Waals surface area (Å²) in [7, 11) is 1.57. The number of nitrogens with zero attached hydrogens (tertiary/aromatic N) is 2. The third-order valence-electron chi connectivity index (χ3n) is 5.36. The predicted octanol–water partition coefficient (Wildman–Crippen LogP) is 2.67. The molecule has 2 amide bonds. The molecule has 0 unspecified atom stereocenters. The van der Waals surface area contributed by atoms with E-state index in [1.165, 1.54) is 4.90 Å². The van der Waals surface area contributed by atoms with Crippen molar-refractivity contribution < 1.29 is 19.1 Å². The minimum Gasteiger partial charge on any atom is -0.497 e. The van der Waals surface area contributed by atoms with Crippen LogP contribution in [0.3, 0.4) is 0 Å². The second-order valence-electron chi connectivity index (χ2n) is 7.30. The van der Waals surface area contributed by atoms with Crippen LogP contribution >= 0.6 is 12.2 Å². The zero-order chi connectivity index (χ0) is 22.0. The minimum atomic E-state index is -0.503. The molecule has 31 heavy (non-hydrogen) atoms. The molecule has 4 rings (SSSR count). The van der Waals surface area contributed by atoms with Gasteiger partial charge in [0.1, 0.15) is 11.3 Å². The summed E-state index contributed by atoms with van der Waals surface area (Å²) in [5.74, 6) is -0.304. The number of thiocarbonyl (C=S) groups is 1. The van der Waals surface area contributed by atoms with Gasteiger partial charge in [-0.1, -0.05) is 6.07 Å². The van der Waals surface area contributed by atoms with Crippen molar-refractivity contribution in [1.82, 2.24) is 5.32 Å². The number of morpholine rings is 1. The fraction of sp³-hybridized carbons (Fsp3) is 0.261. The monoisotopic (exact) mass is 437 g/mol. The molecule has 2 aliphatic heterocycles. The number of hydrogen-bond acceptors (Lipinski definition) is 6. The molecule has 2 aliphatic rings. The van der Waals surface area contributed by atoms with E-state index in [4.69, 9.17) is 21.7 Å². The van der Waals surface area contributed by atoms with Crippen LogP contribution in [-0.2, 0) is 14.3 Å². The molecule has 0 aliphatic carbocycles. The second kappa shape index (κ2) is 8.87. The van der Waals surface area contributed by atoms with Gasteiger partial charge in [-0.2, -0.15) is 0 Å². The lowest BCUT2D eigenvalue weighted by atomic mass is 10.0. The van der Waals surface area contributed by atoms with Crippen LogP contribution in [0, 0.1) is 6.92 Å². The Morgan fingerprint density at radius 2 is 1.74 bits per heavy atom. The molecule has 0 aromatic heterocycles. The van der Waals surface area contributed by atoms with E-state index in [1.807, 2.05) is 19.1 Å². The summed E-state index contributed by atoms with van der Waals surface area (Å²) in [5, 5.41) is 2.67. The molecule has 2 aromatic rings. The highest BCUT2D eigenvalue weighted by Crippen LogP contribution is 2.26. The lowest BCUT2D eigenvalue weighted by Crippen LogP contribution is -2.54.